The summed E-state index contributed by atoms with van der Waals surface area (Å²) in [6, 6.07) is 5.71. The van der Waals surface area contributed by atoms with Crippen molar-refractivity contribution in [2.45, 2.75) is 31.8 Å². The highest BCUT2D eigenvalue weighted by Gasteiger charge is 2.16. The number of benzene rings is 1. The average molecular weight is 302 g/mol. The predicted octanol–water partition coefficient (Wildman–Crippen LogP) is 2.67. The Morgan fingerprint density at radius 2 is 1.85 bits per heavy atom. The van der Waals surface area contributed by atoms with Crippen LogP contribution in [-0.2, 0) is 0 Å². The maximum Gasteiger partial charge on any atom is 0.162 e. The van der Waals surface area contributed by atoms with Gasteiger partial charge in [0, 0.05) is 25.1 Å². The summed E-state index contributed by atoms with van der Waals surface area (Å²) < 4.78 is 12.7. The third-order valence-corrected chi connectivity index (χ3v) is 3.60. The van der Waals surface area contributed by atoms with Gasteiger partial charge in [-0.05, 0) is 50.1 Å². The number of rotatable bonds is 5. The van der Waals surface area contributed by atoms with Gasteiger partial charge in [-0.1, -0.05) is 0 Å². The number of aliphatic hydroxyl groups is 1. The average Bonchev–Trinajstić information content (AvgIpc) is 2.41. The number of Topliss-reactive ketones (excluding diaryl/α,β-unsaturated/α-hetero) is 1. The van der Waals surface area contributed by atoms with Gasteiger partial charge in [-0.15, -0.1) is 12.4 Å². The van der Waals surface area contributed by atoms with Gasteiger partial charge in [0.25, 0.3) is 0 Å². The van der Waals surface area contributed by atoms with Crippen molar-refractivity contribution in [1.29, 1.82) is 0 Å². The molecule has 0 bridgehead atoms. The minimum absolute atomic E-state index is 0. The van der Waals surface area contributed by atoms with E-state index in [0.29, 0.717) is 12.0 Å². The summed E-state index contributed by atoms with van der Waals surface area (Å²) in [5.74, 6) is -0.250. The minimum Gasteiger partial charge on any atom is -0.393 e. The number of carbonyl (C=O) groups excluding carboxylic acids is 1. The standard InChI is InChI=1S/C15H20FNO2.ClH/c16-13-5-3-12(4-6-13)15(19)2-1-9-17-10-7-14(18)8-11-17;/h3-6,14,18H,1-2,7-11H2;1H. The number of piperidine rings is 1. The normalized spacial score (nSPS) is 16.7. The summed E-state index contributed by atoms with van der Waals surface area (Å²) in [6.07, 6.45) is 2.80. The van der Waals surface area contributed by atoms with Gasteiger partial charge in [-0.2, -0.15) is 0 Å². The Balaban J connectivity index is 0.00000200. The molecule has 0 atom stereocenters. The fourth-order valence-electron chi connectivity index (χ4n) is 2.39. The fourth-order valence-corrected chi connectivity index (χ4v) is 2.39. The number of nitrogens with zero attached hydrogens (tertiary/aromatic N) is 1. The molecule has 1 heterocycles. The molecule has 0 spiro atoms. The molecule has 3 nitrogen and oxygen atoms in total. The molecular formula is C15H21ClFNO2. The van der Waals surface area contributed by atoms with E-state index in [9.17, 15) is 14.3 Å². The van der Waals surface area contributed by atoms with E-state index in [4.69, 9.17) is 0 Å². The maximum atomic E-state index is 12.7. The van der Waals surface area contributed by atoms with Crippen molar-refractivity contribution < 1.29 is 14.3 Å². The molecule has 1 fully saturated rings. The van der Waals surface area contributed by atoms with Crippen LogP contribution in [0.5, 0.6) is 0 Å². The summed E-state index contributed by atoms with van der Waals surface area (Å²) in [5, 5.41) is 9.40. The van der Waals surface area contributed by atoms with Crippen molar-refractivity contribution >= 4 is 18.2 Å². The van der Waals surface area contributed by atoms with E-state index >= 15 is 0 Å². The van der Waals surface area contributed by atoms with E-state index in [0.717, 1.165) is 38.9 Å². The molecule has 1 aromatic rings. The van der Waals surface area contributed by atoms with Crippen molar-refractivity contribution in [2.75, 3.05) is 19.6 Å². The number of likely N-dealkylation sites (tertiary alicyclic amines) is 1. The Morgan fingerprint density at radius 3 is 2.45 bits per heavy atom. The fraction of sp³-hybridized carbons (Fsp3) is 0.533. The van der Waals surface area contributed by atoms with Gasteiger partial charge in [0.1, 0.15) is 5.82 Å². The highest BCUT2D eigenvalue weighted by molar-refractivity contribution is 5.95. The molecule has 1 aromatic carbocycles. The van der Waals surface area contributed by atoms with Crippen molar-refractivity contribution in [3.63, 3.8) is 0 Å². The molecule has 0 unspecified atom stereocenters. The molecule has 5 heteroatoms. The van der Waals surface area contributed by atoms with Crippen LogP contribution >= 0.6 is 12.4 Å². The lowest BCUT2D eigenvalue weighted by Gasteiger charge is -2.29. The van der Waals surface area contributed by atoms with Crippen LogP contribution in [0.15, 0.2) is 24.3 Å². The van der Waals surface area contributed by atoms with Crippen LogP contribution in [0, 0.1) is 5.82 Å². The van der Waals surface area contributed by atoms with Gasteiger partial charge in [0.2, 0.25) is 0 Å². The Morgan fingerprint density at radius 1 is 1.25 bits per heavy atom. The molecule has 112 valence electrons. The maximum absolute atomic E-state index is 12.7. The zero-order chi connectivity index (χ0) is 13.7. The molecule has 1 N–H and O–H groups in total. The summed E-state index contributed by atoms with van der Waals surface area (Å²) >= 11 is 0. The van der Waals surface area contributed by atoms with E-state index in [1.165, 1.54) is 24.3 Å². The lowest BCUT2D eigenvalue weighted by molar-refractivity contribution is 0.0800. The van der Waals surface area contributed by atoms with Gasteiger partial charge in [0.15, 0.2) is 5.78 Å². The van der Waals surface area contributed by atoms with E-state index in [2.05, 4.69) is 4.90 Å². The Labute approximate surface area is 125 Å². The van der Waals surface area contributed by atoms with Crippen LogP contribution in [0.4, 0.5) is 4.39 Å². The summed E-state index contributed by atoms with van der Waals surface area (Å²) in [7, 11) is 0. The first-order valence-electron chi connectivity index (χ1n) is 6.84. The van der Waals surface area contributed by atoms with Crippen molar-refractivity contribution in [2.24, 2.45) is 0 Å². The lowest BCUT2D eigenvalue weighted by Crippen LogP contribution is -2.36. The highest BCUT2D eigenvalue weighted by Crippen LogP contribution is 2.12. The molecular weight excluding hydrogens is 281 g/mol. The van der Waals surface area contributed by atoms with Crippen molar-refractivity contribution in [3.8, 4) is 0 Å². The molecule has 1 saturated heterocycles. The molecule has 0 radical (unpaired) electrons. The number of halogens is 2. The Bertz CT molecular complexity index is 416. The minimum atomic E-state index is -0.316. The highest BCUT2D eigenvalue weighted by atomic mass is 35.5. The molecule has 1 aliphatic heterocycles. The summed E-state index contributed by atoms with van der Waals surface area (Å²) in [4.78, 5) is 14.2. The van der Waals surface area contributed by atoms with Crippen molar-refractivity contribution in [1.82, 2.24) is 4.90 Å². The van der Waals surface area contributed by atoms with Crippen LogP contribution in [-0.4, -0.2) is 41.5 Å². The first-order valence-corrected chi connectivity index (χ1v) is 6.84. The monoisotopic (exact) mass is 301 g/mol. The SMILES string of the molecule is Cl.O=C(CCCN1CCC(O)CC1)c1ccc(F)cc1. The smallest absolute Gasteiger partial charge is 0.162 e. The number of hydrogen-bond acceptors (Lipinski definition) is 3. The van der Waals surface area contributed by atoms with Crippen LogP contribution in [0.1, 0.15) is 36.0 Å². The van der Waals surface area contributed by atoms with E-state index in [-0.39, 0.29) is 30.1 Å². The number of carbonyl (C=O) groups is 1. The Kier molecular flexibility index (Phi) is 7.13. The second kappa shape index (κ2) is 8.35. The quantitative estimate of drug-likeness (QED) is 0.850. The van der Waals surface area contributed by atoms with Crippen LogP contribution in [0.25, 0.3) is 0 Å². The third kappa shape index (κ3) is 5.19. The third-order valence-electron chi connectivity index (χ3n) is 3.60. The molecule has 2 rings (SSSR count). The molecule has 0 aliphatic carbocycles. The second-order valence-corrected chi connectivity index (χ2v) is 5.11. The number of ketones is 1. The van der Waals surface area contributed by atoms with E-state index in [1.807, 2.05) is 0 Å². The zero-order valence-electron chi connectivity index (χ0n) is 11.4. The summed E-state index contributed by atoms with van der Waals surface area (Å²) in [5.41, 5.74) is 0.579. The lowest BCUT2D eigenvalue weighted by atomic mass is 10.0. The van der Waals surface area contributed by atoms with Crippen LogP contribution in [0.3, 0.4) is 0 Å². The van der Waals surface area contributed by atoms with E-state index in [1.54, 1.807) is 0 Å². The topological polar surface area (TPSA) is 40.5 Å². The van der Waals surface area contributed by atoms with Gasteiger partial charge in [-0.25, -0.2) is 4.39 Å². The predicted molar refractivity (Wildman–Crippen MR) is 78.9 cm³/mol. The molecule has 20 heavy (non-hydrogen) atoms. The molecule has 0 saturated carbocycles. The van der Waals surface area contributed by atoms with Gasteiger partial charge in [-0.3, -0.25) is 4.79 Å². The zero-order valence-corrected chi connectivity index (χ0v) is 12.2. The van der Waals surface area contributed by atoms with Crippen LogP contribution in [0.2, 0.25) is 0 Å². The number of aliphatic hydroxyl groups excluding tert-OH is 1. The summed E-state index contributed by atoms with van der Waals surface area (Å²) in [6.45, 7) is 2.71. The first-order chi connectivity index (χ1) is 9.15. The largest absolute Gasteiger partial charge is 0.393 e. The van der Waals surface area contributed by atoms with Crippen molar-refractivity contribution in [3.05, 3.63) is 35.6 Å². The Hall–Kier alpha value is -0.970. The van der Waals surface area contributed by atoms with Crippen LogP contribution < -0.4 is 0 Å². The molecule has 0 aromatic heterocycles. The van der Waals surface area contributed by atoms with E-state index < -0.39 is 0 Å². The molecule has 1 aliphatic rings. The first kappa shape index (κ1) is 17.1. The van der Waals surface area contributed by atoms with Gasteiger partial charge < -0.3 is 10.0 Å². The van der Waals surface area contributed by atoms with Gasteiger partial charge >= 0.3 is 0 Å². The second-order valence-electron chi connectivity index (χ2n) is 5.11. The molecule has 0 amide bonds. The number of hydrogen-bond donors (Lipinski definition) is 1. The van der Waals surface area contributed by atoms with Gasteiger partial charge in [0.05, 0.1) is 6.10 Å².